The predicted octanol–water partition coefficient (Wildman–Crippen LogP) is 4.16. The number of hydrogen-bond acceptors (Lipinski definition) is 1. The fourth-order valence-corrected chi connectivity index (χ4v) is 3.37. The summed E-state index contributed by atoms with van der Waals surface area (Å²) in [4.78, 5) is 0. The SMILES string of the molecule is CCCC(CC(I)CC)C(I)CCN. The molecule has 14 heavy (non-hydrogen) atoms. The fraction of sp³-hybridized carbons (Fsp3) is 1.00. The lowest BCUT2D eigenvalue weighted by Gasteiger charge is -2.24. The number of nitrogens with two attached hydrogens (primary N) is 1. The highest BCUT2D eigenvalue weighted by atomic mass is 127. The van der Waals surface area contributed by atoms with Gasteiger partial charge in [-0.3, -0.25) is 0 Å². The zero-order valence-corrected chi connectivity index (χ0v) is 13.6. The quantitative estimate of drug-likeness (QED) is 0.461. The Morgan fingerprint density at radius 2 is 1.79 bits per heavy atom. The van der Waals surface area contributed by atoms with Crippen molar-refractivity contribution in [2.24, 2.45) is 11.7 Å². The highest BCUT2D eigenvalue weighted by molar-refractivity contribution is 14.1. The Morgan fingerprint density at radius 1 is 1.14 bits per heavy atom. The van der Waals surface area contributed by atoms with Gasteiger partial charge in [0.2, 0.25) is 0 Å². The third-order valence-corrected chi connectivity index (χ3v) is 5.64. The van der Waals surface area contributed by atoms with Crippen molar-refractivity contribution in [3.63, 3.8) is 0 Å². The lowest BCUT2D eigenvalue weighted by Crippen LogP contribution is -2.21. The van der Waals surface area contributed by atoms with Gasteiger partial charge in [-0.1, -0.05) is 65.5 Å². The van der Waals surface area contributed by atoms with Gasteiger partial charge in [-0.05, 0) is 38.1 Å². The highest BCUT2D eigenvalue weighted by Crippen LogP contribution is 2.29. The summed E-state index contributed by atoms with van der Waals surface area (Å²) in [6.07, 6.45) is 6.53. The van der Waals surface area contributed by atoms with E-state index in [-0.39, 0.29) is 0 Å². The summed E-state index contributed by atoms with van der Waals surface area (Å²) in [6.45, 7) is 5.41. The van der Waals surface area contributed by atoms with E-state index < -0.39 is 0 Å². The molecule has 0 radical (unpaired) electrons. The van der Waals surface area contributed by atoms with Crippen molar-refractivity contribution in [1.29, 1.82) is 0 Å². The number of halogens is 2. The summed E-state index contributed by atoms with van der Waals surface area (Å²) in [5.74, 6) is 0.881. The van der Waals surface area contributed by atoms with Crippen LogP contribution in [0.4, 0.5) is 0 Å². The van der Waals surface area contributed by atoms with Gasteiger partial charge < -0.3 is 5.73 Å². The van der Waals surface area contributed by atoms with Crippen molar-refractivity contribution >= 4 is 45.2 Å². The van der Waals surface area contributed by atoms with Crippen LogP contribution >= 0.6 is 45.2 Å². The molecule has 2 N–H and O–H groups in total. The molecule has 0 fully saturated rings. The largest absolute Gasteiger partial charge is 0.330 e. The van der Waals surface area contributed by atoms with Crippen LogP contribution in [0.3, 0.4) is 0 Å². The topological polar surface area (TPSA) is 26.0 Å². The molecular formula is C11H23I2N. The Kier molecular flexibility index (Phi) is 10.6. The maximum Gasteiger partial charge on any atom is 0.0150 e. The van der Waals surface area contributed by atoms with Gasteiger partial charge in [0.1, 0.15) is 0 Å². The number of hydrogen-bond donors (Lipinski definition) is 1. The lowest BCUT2D eigenvalue weighted by molar-refractivity contribution is 0.425. The first kappa shape index (κ1) is 15.4. The van der Waals surface area contributed by atoms with E-state index >= 15 is 0 Å². The Balaban J connectivity index is 3.98. The van der Waals surface area contributed by atoms with E-state index in [4.69, 9.17) is 5.73 Å². The van der Waals surface area contributed by atoms with Crippen LogP contribution in [0, 0.1) is 5.92 Å². The summed E-state index contributed by atoms with van der Waals surface area (Å²) >= 11 is 5.18. The van der Waals surface area contributed by atoms with Crippen molar-refractivity contribution in [2.45, 2.75) is 53.8 Å². The summed E-state index contributed by atoms with van der Waals surface area (Å²) in [5.41, 5.74) is 5.62. The van der Waals surface area contributed by atoms with Crippen LogP contribution in [0.15, 0.2) is 0 Å². The molecule has 0 amide bonds. The lowest BCUT2D eigenvalue weighted by atomic mass is 9.92. The van der Waals surface area contributed by atoms with Crippen molar-refractivity contribution in [1.82, 2.24) is 0 Å². The molecule has 3 atom stereocenters. The van der Waals surface area contributed by atoms with Crippen molar-refractivity contribution in [3.05, 3.63) is 0 Å². The molecule has 1 nitrogen and oxygen atoms in total. The van der Waals surface area contributed by atoms with Crippen LogP contribution in [0.25, 0.3) is 0 Å². The van der Waals surface area contributed by atoms with E-state index in [0.717, 1.165) is 20.3 Å². The maximum absolute atomic E-state index is 5.62. The molecule has 0 aromatic heterocycles. The molecule has 0 aliphatic rings. The number of alkyl halides is 2. The molecule has 0 aliphatic carbocycles. The van der Waals surface area contributed by atoms with Gasteiger partial charge in [-0.15, -0.1) is 0 Å². The molecule has 0 saturated heterocycles. The fourth-order valence-electron chi connectivity index (χ4n) is 1.71. The van der Waals surface area contributed by atoms with Crippen LogP contribution in [0.1, 0.15) is 46.0 Å². The zero-order valence-electron chi connectivity index (χ0n) is 9.31. The van der Waals surface area contributed by atoms with Crippen LogP contribution in [-0.2, 0) is 0 Å². The predicted molar refractivity (Wildman–Crippen MR) is 82.6 cm³/mol. The first-order valence-corrected chi connectivity index (χ1v) is 8.12. The Morgan fingerprint density at radius 3 is 2.21 bits per heavy atom. The van der Waals surface area contributed by atoms with Gasteiger partial charge in [0.15, 0.2) is 0 Å². The van der Waals surface area contributed by atoms with Crippen molar-refractivity contribution < 1.29 is 0 Å². The highest BCUT2D eigenvalue weighted by Gasteiger charge is 2.19. The molecule has 0 saturated carbocycles. The molecule has 0 aromatic rings. The van der Waals surface area contributed by atoms with Gasteiger partial charge in [0.05, 0.1) is 0 Å². The minimum atomic E-state index is 0.779. The van der Waals surface area contributed by atoms with Gasteiger partial charge in [-0.2, -0.15) is 0 Å². The van der Waals surface area contributed by atoms with Crippen molar-refractivity contribution in [2.75, 3.05) is 6.54 Å². The maximum atomic E-state index is 5.62. The molecule has 0 heterocycles. The van der Waals surface area contributed by atoms with Crippen molar-refractivity contribution in [3.8, 4) is 0 Å². The van der Waals surface area contributed by atoms with Crippen LogP contribution < -0.4 is 5.73 Å². The van der Waals surface area contributed by atoms with Gasteiger partial charge in [0.25, 0.3) is 0 Å². The van der Waals surface area contributed by atoms with Gasteiger partial charge in [-0.25, -0.2) is 0 Å². The normalized spacial score (nSPS) is 17.8. The van der Waals surface area contributed by atoms with E-state index in [2.05, 4.69) is 59.0 Å². The molecule has 0 bridgehead atoms. The van der Waals surface area contributed by atoms with E-state index in [9.17, 15) is 0 Å². The van der Waals surface area contributed by atoms with Crippen LogP contribution in [-0.4, -0.2) is 14.4 Å². The zero-order chi connectivity index (χ0) is 11.0. The Labute approximate surface area is 116 Å². The number of rotatable bonds is 8. The second-order valence-electron chi connectivity index (χ2n) is 3.88. The molecule has 0 aliphatic heterocycles. The van der Waals surface area contributed by atoms with Crippen LogP contribution in [0.2, 0.25) is 0 Å². The molecule has 0 spiro atoms. The third-order valence-electron chi connectivity index (χ3n) is 2.61. The molecule has 3 unspecified atom stereocenters. The third kappa shape index (κ3) is 6.82. The molecular weight excluding hydrogens is 400 g/mol. The second-order valence-corrected chi connectivity index (χ2v) is 7.24. The summed E-state index contributed by atoms with van der Waals surface area (Å²) in [7, 11) is 0. The monoisotopic (exact) mass is 423 g/mol. The average Bonchev–Trinajstić information content (AvgIpc) is 2.17. The van der Waals surface area contributed by atoms with Gasteiger partial charge in [0, 0.05) is 7.85 Å². The Bertz CT molecular complexity index is 130. The second kappa shape index (κ2) is 9.63. The van der Waals surface area contributed by atoms with E-state index in [1.54, 1.807) is 0 Å². The average molecular weight is 423 g/mol. The van der Waals surface area contributed by atoms with E-state index in [0.29, 0.717) is 0 Å². The summed E-state index contributed by atoms with van der Waals surface area (Å²) < 4.78 is 1.63. The minimum Gasteiger partial charge on any atom is -0.330 e. The molecule has 0 rings (SSSR count). The molecule has 86 valence electrons. The molecule has 0 aromatic carbocycles. The first-order chi connectivity index (χ1) is 6.65. The van der Waals surface area contributed by atoms with E-state index in [1.807, 2.05) is 0 Å². The minimum absolute atomic E-state index is 0.779. The summed E-state index contributed by atoms with van der Waals surface area (Å²) in [6, 6.07) is 0. The summed E-state index contributed by atoms with van der Waals surface area (Å²) in [5, 5.41) is 0. The van der Waals surface area contributed by atoms with Gasteiger partial charge >= 0.3 is 0 Å². The van der Waals surface area contributed by atoms with E-state index in [1.165, 1.54) is 32.1 Å². The Hall–Kier alpha value is 1.42. The standard InChI is InChI=1S/C11H23I2N/c1-3-5-9(8-10(12)4-2)11(13)6-7-14/h9-11H,3-8,14H2,1-2H3. The van der Waals surface area contributed by atoms with Crippen LogP contribution in [0.5, 0.6) is 0 Å². The molecule has 3 heteroatoms. The smallest absolute Gasteiger partial charge is 0.0150 e. The first-order valence-electron chi connectivity index (χ1n) is 5.63.